The van der Waals surface area contributed by atoms with E-state index in [-0.39, 0.29) is 44.5 Å². The Morgan fingerprint density at radius 3 is 1.91 bits per heavy atom. The van der Waals surface area contributed by atoms with Gasteiger partial charge in [-0.2, -0.15) is 0 Å². The van der Waals surface area contributed by atoms with E-state index in [0.717, 1.165) is 13.0 Å². The highest BCUT2D eigenvalue weighted by Crippen LogP contribution is 2.23. The maximum absolute atomic E-state index is 12.3. The van der Waals surface area contributed by atoms with Crippen LogP contribution in [0.5, 0.6) is 0 Å². The maximum Gasteiger partial charge on any atom is 0.311 e. The number of rotatable bonds is 19. The molecule has 1 saturated heterocycles. The molecule has 33 heavy (non-hydrogen) atoms. The maximum atomic E-state index is 12.3. The van der Waals surface area contributed by atoms with Crippen LogP contribution in [0.2, 0.25) is 0 Å². The van der Waals surface area contributed by atoms with Crippen LogP contribution in [0.15, 0.2) is 0 Å². The Morgan fingerprint density at radius 1 is 0.909 bits per heavy atom. The predicted octanol–water partition coefficient (Wildman–Crippen LogP) is 2.51. The molecule has 1 rings (SSSR count). The number of esters is 2. The molecule has 9 nitrogen and oxygen atoms in total. The first-order chi connectivity index (χ1) is 15.5. The van der Waals surface area contributed by atoms with Crippen molar-refractivity contribution in [2.75, 3.05) is 52.9 Å². The van der Waals surface area contributed by atoms with Gasteiger partial charge in [0.25, 0.3) is 0 Å². The molecule has 0 aromatic heterocycles. The van der Waals surface area contributed by atoms with Gasteiger partial charge < -0.3 is 33.5 Å². The summed E-state index contributed by atoms with van der Waals surface area (Å²) in [6, 6.07) is 0. The molecule has 2 unspecified atom stereocenters. The lowest BCUT2D eigenvalue weighted by Gasteiger charge is -2.26. The molecule has 0 radical (unpaired) electrons. The number of carbonyl (C=O) groups excluding carboxylic acids is 2. The molecule has 0 bridgehead atoms. The Labute approximate surface area is 198 Å². The first kappa shape index (κ1) is 29.8. The molecular weight excluding hydrogens is 432 g/mol. The number of aliphatic hydroxyl groups excluding tert-OH is 1. The number of hydrogen-bond acceptors (Lipinski definition) is 9. The number of ether oxygens (including phenoxy) is 6. The van der Waals surface area contributed by atoms with Gasteiger partial charge in [0.1, 0.15) is 31.5 Å². The largest absolute Gasteiger partial charge is 0.462 e. The van der Waals surface area contributed by atoms with E-state index in [1.807, 2.05) is 13.8 Å². The van der Waals surface area contributed by atoms with Crippen molar-refractivity contribution in [3.8, 4) is 0 Å². The van der Waals surface area contributed by atoms with E-state index in [0.29, 0.717) is 32.7 Å². The van der Waals surface area contributed by atoms with Gasteiger partial charge in [-0.1, -0.05) is 13.8 Å². The zero-order valence-electron chi connectivity index (χ0n) is 21.2. The predicted molar refractivity (Wildman–Crippen MR) is 122 cm³/mol. The molecule has 0 aromatic carbocycles. The van der Waals surface area contributed by atoms with E-state index in [1.54, 1.807) is 27.7 Å². The molecule has 0 saturated carbocycles. The number of carbonyl (C=O) groups is 2. The summed E-state index contributed by atoms with van der Waals surface area (Å²) in [5.41, 5.74) is -1.23. The van der Waals surface area contributed by atoms with Gasteiger partial charge in [-0.05, 0) is 47.0 Å². The zero-order valence-corrected chi connectivity index (χ0v) is 21.2. The SMILES string of the molecule is CCC(C)(C)C(=O)OCC(COC(=O)C(C)(C)CC)OCC(O)COCCCOCC1CO1. The molecule has 0 aromatic rings. The van der Waals surface area contributed by atoms with E-state index >= 15 is 0 Å². The van der Waals surface area contributed by atoms with Crippen LogP contribution in [0, 0.1) is 10.8 Å². The molecule has 1 fully saturated rings. The van der Waals surface area contributed by atoms with Gasteiger partial charge in [-0.15, -0.1) is 0 Å². The second-order valence-corrected chi connectivity index (χ2v) is 9.74. The second kappa shape index (κ2) is 14.9. The number of hydrogen-bond donors (Lipinski definition) is 1. The molecule has 194 valence electrons. The van der Waals surface area contributed by atoms with Crippen molar-refractivity contribution in [1.82, 2.24) is 0 Å². The third-order valence-corrected chi connectivity index (χ3v) is 5.79. The lowest BCUT2D eigenvalue weighted by molar-refractivity contribution is -0.167. The Bertz CT molecular complexity index is 540. The summed E-state index contributed by atoms with van der Waals surface area (Å²) >= 11 is 0. The smallest absolute Gasteiger partial charge is 0.311 e. The van der Waals surface area contributed by atoms with Gasteiger partial charge in [0.2, 0.25) is 0 Å². The van der Waals surface area contributed by atoms with Crippen molar-refractivity contribution in [2.24, 2.45) is 10.8 Å². The Hall–Kier alpha value is -1.26. The Kier molecular flexibility index (Phi) is 13.4. The highest BCUT2D eigenvalue weighted by atomic mass is 16.6. The monoisotopic (exact) mass is 476 g/mol. The van der Waals surface area contributed by atoms with Crippen molar-refractivity contribution in [3.05, 3.63) is 0 Å². The van der Waals surface area contributed by atoms with Gasteiger partial charge in [-0.3, -0.25) is 9.59 Å². The van der Waals surface area contributed by atoms with Crippen molar-refractivity contribution in [2.45, 2.75) is 79.1 Å². The molecule has 1 N–H and O–H groups in total. The molecule has 1 aliphatic rings. The lowest BCUT2D eigenvalue weighted by atomic mass is 9.91. The van der Waals surface area contributed by atoms with Gasteiger partial charge in [0.05, 0.1) is 37.3 Å². The van der Waals surface area contributed by atoms with Gasteiger partial charge in [-0.25, -0.2) is 0 Å². The van der Waals surface area contributed by atoms with E-state index in [9.17, 15) is 14.7 Å². The second-order valence-electron chi connectivity index (χ2n) is 9.74. The fraction of sp³-hybridized carbons (Fsp3) is 0.917. The molecule has 2 atom stereocenters. The Morgan fingerprint density at radius 2 is 1.42 bits per heavy atom. The summed E-state index contributed by atoms with van der Waals surface area (Å²) in [5.74, 6) is -0.698. The molecule has 1 heterocycles. The third kappa shape index (κ3) is 12.7. The van der Waals surface area contributed by atoms with Crippen LogP contribution in [0.1, 0.15) is 60.8 Å². The molecule has 0 amide bonds. The summed E-state index contributed by atoms with van der Waals surface area (Å²) < 4.78 is 32.4. The zero-order chi connectivity index (χ0) is 24.9. The minimum absolute atomic E-state index is 0.0381. The van der Waals surface area contributed by atoms with Crippen molar-refractivity contribution in [3.63, 3.8) is 0 Å². The van der Waals surface area contributed by atoms with Gasteiger partial charge in [0.15, 0.2) is 0 Å². The molecular formula is C24H44O9. The van der Waals surface area contributed by atoms with Gasteiger partial charge in [0, 0.05) is 13.2 Å². The van der Waals surface area contributed by atoms with Crippen LogP contribution in [-0.2, 0) is 38.0 Å². The van der Waals surface area contributed by atoms with Crippen LogP contribution in [0.4, 0.5) is 0 Å². The number of epoxide rings is 1. The third-order valence-electron chi connectivity index (χ3n) is 5.79. The molecule has 0 aliphatic carbocycles. The normalized spacial score (nSPS) is 17.2. The van der Waals surface area contributed by atoms with Crippen molar-refractivity contribution >= 4 is 11.9 Å². The fourth-order valence-electron chi connectivity index (χ4n) is 2.32. The van der Waals surface area contributed by atoms with E-state index in [1.165, 1.54) is 0 Å². The average molecular weight is 477 g/mol. The first-order valence-electron chi connectivity index (χ1n) is 11.9. The summed E-state index contributed by atoms with van der Waals surface area (Å²) in [6.07, 6.45) is 0.677. The van der Waals surface area contributed by atoms with Gasteiger partial charge >= 0.3 is 11.9 Å². The topological polar surface area (TPSA) is 113 Å². The fourth-order valence-corrected chi connectivity index (χ4v) is 2.32. The summed E-state index contributed by atoms with van der Waals surface area (Å²) in [6.45, 7) is 13.4. The van der Waals surface area contributed by atoms with E-state index < -0.39 is 23.0 Å². The lowest BCUT2D eigenvalue weighted by Crippen LogP contribution is -2.36. The van der Waals surface area contributed by atoms with E-state index in [4.69, 9.17) is 28.4 Å². The van der Waals surface area contributed by atoms with Crippen LogP contribution in [0.25, 0.3) is 0 Å². The van der Waals surface area contributed by atoms with E-state index in [2.05, 4.69) is 0 Å². The Balaban J connectivity index is 2.38. The first-order valence-corrected chi connectivity index (χ1v) is 11.9. The summed E-state index contributed by atoms with van der Waals surface area (Å²) in [7, 11) is 0. The highest BCUT2D eigenvalue weighted by molar-refractivity contribution is 5.76. The minimum atomic E-state index is -0.862. The highest BCUT2D eigenvalue weighted by Gasteiger charge is 2.30. The molecule has 9 heteroatoms. The average Bonchev–Trinajstić information content (AvgIpc) is 3.61. The standard InChI is InChI=1S/C24H44O9/c1-7-23(3,4)21(26)32-16-20(17-33-22(27)24(5,6)8-2)30-13-18(25)12-28-10-9-11-29-14-19-15-31-19/h18-20,25H,7-17H2,1-6H3. The summed E-state index contributed by atoms with van der Waals surface area (Å²) in [5, 5.41) is 10.2. The molecule has 1 aliphatic heterocycles. The minimum Gasteiger partial charge on any atom is -0.462 e. The van der Waals surface area contributed by atoms with Crippen LogP contribution in [0.3, 0.4) is 0 Å². The van der Waals surface area contributed by atoms with Crippen molar-refractivity contribution < 1.29 is 43.1 Å². The number of aliphatic hydroxyl groups is 1. The van der Waals surface area contributed by atoms with Crippen LogP contribution >= 0.6 is 0 Å². The quantitative estimate of drug-likeness (QED) is 0.171. The summed E-state index contributed by atoms with van der Waals surface area (Å²) in [4.78, 5) is 24.6. The van der Waals surface area contributed by atoms with Crippen LogP contribution in [-0.4, -0.2) is 88.2 Å². The van der Waals surface area contributed by atoms with Crippen LogP contribution < -0.4 is 0 Å². The van der Waals surface area contributed by atoms with Crippen molar-refractivity contribution in [1.29, 1.82) is 0 Å². The molecule has 0 spiro atoms.